The zero-order chi connectivity index (χ0) is 25.4. The maximum Gasteiger partial charge on any atom is 0.297 e. The van der Waals surface area contributed by atoms with Crippen LogP contribution in [0.2, 0.25) is 5.02 Å². The highest BCUT2D eigenvalue weighted by atomic mass is 35.5. The number of hydrogen-bond donors (Lipinski definition) is 0. The fourth-order valence-electron chi connectivity index (χ4n) is 4.22. The van der Waals surface area contributed by atoms with Gasteiger partial charge >= 0.3 is 0 Å². The van der Waals surface area contributed by atoms with Crippen LogP contribution in [0, 0.1) is 5.92 Å². The molecule has 2 aromatic heterocycles. The third-order valence-electron chi connectivity index (χ3n) is 5.92. The topological polar surface area (TPSA) is 94.8 Å². The first-order valence-electron chi connectivity index (χ1n) is 11.6. The molecule has 0 saturated carbocycles. The number of benzene rings is 2. The maximum atomic E-state index is 13.7. The second-order valence-corrected chi connectivity index (χ2v) is 10.0. The van der Waals surface area contributed by atoms with Crippen LogP contribution < -0.4 is 19.8 Å². The molecule has 1 atom stereocenters. The number of ether oxygens (including phenoxy) is 2. The fourth-order valence-corrected chi connectivity index (χ4v) is 4.97. The summed E-state index contributed by atoms with van der Waals surface area (Å²) in [6.45, 7) is 7.13. The summed E-state index contributed by atoms with van der Waals surface area (Å²) in [4.78, 5) is 28.7. The van der Waals surface area contributed by atoms with Crippen LogP contribution >= 0.6 is 22.9 Å². The van der Waals surface area contributed by atoms with Gasteiger partial charge in [0.25, 0.3) is 5.91 Å². The van der Waals surface area contributed by atoms with E-state index in [-0.39, 0.29) is 16.8 Å². The Morgan fingerprint density at radius 1 is 1.14 bits per heavy atom. The SMILES string of the molecule is CCOc1cc(C2c3c(oc4ccc(Cl)cc4c3=O)C(=O)N2c2nncs2)ccc1OCCC(C)C. The lowest BCUT2D eigenvalue weighted by Gasteiger charge is -2.23. The molecule has 0 aliphatic carbocycles. The molecule has 186 valence electrons. The number of rotatable bonds is 8. The van der Waals surface area contributed by atoms with Gasteiger partial charge in [0.05, 0.1) is 30.2 Å². The summed E-state index contributed by atoms with van der Waals surface area (Å²) in [7, 11) is 0. The molecule has 1 amide bonds. The van der Waals surface area contributed by atoms with Gasteiger partial charge < -0.3 is 13.9 Å². The second kappa shape index (κ2) is 9.91. The van der Waals surface area contributed by atoms with Crippen molar-refractivity contribution in [1.29, 1.82) is 0 Å². The molecule has 8 nitrogen and oxygen atoms in total. The highest BCUT2D eigenvalue weighted by Gasteiger charge is 2.45. The number of halogens is 1. The van der Waals surface area contributed by atoms with Crippen molar-refractivity contribution in [3.8, 4) is 11.5 Å². The van der Waals surface area contributed by atoms with Gasteiger partial charge in [-0.2, -0.15) is 0 Å². The highest BCUT2D eigenvalue weighted by Crippen LogP contribution is 2.43. The monoisotopic (exact) mass is 525 g/mol. The van der Waals surface area contributed by atoms with Gasteiger partial charge in [0.2, 0.25) is 10.9 Å². The Morgan fingerprint density at radius 2 is 1.97 bits per heavy atom. The standard InChI is InChI=1S/C26H24ClN3O5S/c1-4-33-20-11-15(5-7-19(20)34-10-9-14(2)3)22-21-23(31)17-12-16(27)6-8-18(17)35-24(21)25(32)30(22)26-29-28-13-36-26/h5-8,11-14,22H,4,9-10H2,1-3H3. The van der Waals surface area contributed by atoms with E-state index in [1.165, 1.54) is 21.7 Å². The molecule has 10 heteroatoms. The minimum absolute atomic E-state index is 0.0229. The van der Waals surface area contributed by atoms with E-state index in [0.29, 0.717) is 57.3 Å². The van der Waals surface area contributed by atoms with E-state index in [1.54, 1.807) is 30.3 Å². The molecule has 0 spiro atoms. The summed E-state index contributed by atoms with van der Waals surface area (Å²) in [5.41, 5.74) is 2.38. The second-order valence-electron chi connectivity index (χ2n) is 8.78. The van der Waals surface area contributed by atoms with E-state index in [2.05, 4.69) is 24.0 Å². The van der Waals surface area contributed by atoms with Crippen LogP contribution in [-0.4, -0.2) is 29.3 Å². The lowest BCUT2D eigenvalue weighted by atomic mass is 9.98. The van der Waals surface area contributed by atoms with Gasteiger partial charge in [-0.1, -0.05) is 42.9 Å². The molecule has 36 heavy (non-hydrogen) atoms. The number of anilines is 1. The first-order chi connectivity index (χ1) is 17.4. The number of hydrogen-bond acceptors (Lipinski definition) is 8. The molecule has 0 N–H and O–H groups in total. The first kappa shape index (κ1) is 24.3. The van der Waals surface area contributed by atoms with Crippen molar-refractivity contribution in [2.45, 2.75) is 33.2 Å². The smallest absolute Gasteiger partial charge is 0.297 e. The van der Waals surface area contributed by atoms with E-state index in [0.717, 1.165) is 6.42 Å². The summed E-state index contributed by atoms with van der Waals surface area (Å²) in [5, 5.41) is 9.06. The minimum Gasteiger partial charge on any atom is -0.490 e. The van der Waals surface area contributed by atoms with Crippen LogP contribution in [0.4, 0.5) is 5.13 Å². The normalized spacial score (nSPS) is 15.1. The van der Waals surface area contributed by atoms with E-state index in [9.17, 15) is 9.59 Å². The molecule has 1 aliphatic rings. The summed E-state index contributed by atoms with van der Waals surface area (Å²) in [6, 6.07) is 9.41. The van der Waals surface area contributed by atoms with Crippen LogP contribution in [0.25, 0.3) is 11.0 Å². The lowest BCUT2D eigenvalue weighted by Crippen LogP contribution is -2.29. The van der Waals surface area contributed by atoms with E-state index < -0.39 is 11.9 Å². The molecule has 1 unspecified atom stereocenters. The minimum atomic E-state index is -0.788. The van der Waals surface area contributed by atoms with Crippen molar-refractivity contribution in [1.82, 2.24) is 10.2 Å². The van der Waals surface area contributed by atoms with Crippen molar-refractivity contribution in [2.24, 2.45) is 5.92 Å². The van der Waals surface area contributed by atoms with Gasteiger partial charge in [-0.3, -0.25) is 14.5 Å². The predicted molar refractivity (Wildman–Crippen MR) is 139 cm³/mol. The number of carbonyl (C=O) groups is 1. The zero-order valence-electron chi connectivity index (χ0n) is 20.0. The van der Waals surface area contributed by atoms with Crippen LogP contribution in [-0.2, 0) is 0 Å². The van der Waals surface area contributed by atoms with Crippen molar-refractivity contribution in [3.63, 3.8) is 0 Å². The molecule has 3 heterocycles. The van der Waals surface area contributed by atoms with E-state index >= 15 is 0 Å². The van der Waals surface area contributed by atoms with Crippen molar-refractivity contribution in [2.75, 3.05) is 18.1 Å². The van der Waals surface area contributed by atoms with Gasteiger partial charge in [0.15, 0.2) is 16.9 Å². The van der Waals surface area contributed by atoms with Crippen molar-refractivity contribution in [3.05, 3.63) is 74.0 Å². The Morgan fingerprint density at radius 3 is 2.69 bits per heavy atom. The average Bonchev–Trinajstić information content (AvgIpc) is 3.47. The van der Waals surface area contributed by atoms with Crippen LogP contribution in [0.5, 0.6) is 11.5 Å². The molecule has 0 radical (unpaired) electrons. The van der Waals surface area contributed by atoms with Crippen molar-refractivity contribution >= 4 is 44.9 Å². The van der Waals surface area contributed by atoms with Crippen LogP contribution in [0.15, 0.2) is 51.1 Å². The third kappa shape index (κ3) is 4.33. The first-order valence-corrected chi connectivity index (χ1v) is 12.9. The molecule has 0 fully saturated rings. The Labute approximate surface area is 216 Å². The number of carbonyl (C=O) groups excluding carboxylic acids is 1. The average molecular weight is 526 g/mol. The highest BCUT2D eigenvalue weighted by molar-refractivity contribution is 7.13. The summed E-state index contributed by atoms with van der Waals surface area (Å²) >= 11 is 7.36. The van der Waals surface area contributed by atoms with Crippen LogP contribution in [0.3, 0.4) is 0 Å². The molecule has 4 aromatic rings. The van der Waals surface area contributed by atoms with Gasteiger partial charge in [0, 0.05) is 5.02 Å². The summed E-state index contributed by atoms with van der Waals surface area (Å²) < 4.78 is 17.8. The molecular weight excluding hydrogens is 502 g/mol. The van der Waals surface area contributed by atoms with E-state index in [1.807, 2.05) is 13.0 Å². The van der Waals surface area contributed by atoms with Gasteiger partial charge in [-0.05, 0) is 55.2 Å². The Hall–Kier alpha value is -3.43. The molecule has 0 bridgehead atoms. The number of amides is 1. The maximum absolute atomic E-state index is 13.7. The lowest BCUT2D eigenvalue weighted by molar-refractivity contribution is 0.0970. The fraction of sp³-hybridized carbons (Fsp3) is 0.308. The Balaban J connectivity index is 1.67. The molecule has 1 aliphatic heterocycles. The number of nitrogens with zero attached hydrogens (tertiary/aromatic N) is 3. The molecule has 0 saturated heterocycles. The number of aromatic nitrogens is 2. The molecule has 2 aromatic carbocycles. The van der Waals surface area contributed by atoms with Gasteiger partial charge in [-0.25, -0.2) is 0 Å². The molecule has 5 rings (SSSR count). The number of fused-ring (bicyclic) bond motifs is 2. The summed E-state index contributed by atoms with van der Waals surface area (Å²) in [5.74, 6) is 1.15. The van der Waals surface area contributed by atoms with Crippen LogP contribution in [0.1, 0.15) is 54.9 Å². The Kier molecular flexibility index (Phi) is 6.68. The largest absolute Gasteiger partial charge is 0.490 e. The molecular formula is C26H24ClN3O5S. The van der Waals surface area contributed by atoms with Gasteiger partial charge in [0.1, 0.15) is 11.1 Å². The third-order valence-corrected chi connectivity index (χ3v) is 6.85. The Bertz CT molecular complexity index is 1490. The van der Waals surface area contributed by atoms with Gasteiger partial charge in [-0.15, -0.1) is 10.2 Å². The zero-order valence-corrected chi connectivity index (χ0v) is 21.6. The van der Waals surface area contributed by atoms with Crippen molar-refractivity contribution < 1.29 is 18.7 Å². The van der Waals surface area contributed by atoms with E-state index in [4.69, 9.17) is 25.5 Å². The predicted octanol–water partition coefficient (Wildman–Crippen LogP) is 5.87. The summed E-state index contributed by atoms with van der Waals surface area (Å²) in [6.07, 6.45) is 0.902. The quantitative estimate of drug-likeness (QED) is 0.284.